The molecule has 3 aromatic carbocycles. The molecule has 0 atom stereocenters. The van der Waals surface area contributed by atoms with Gasteiger partial charge in [-0.1, -0.05) is 26.8 Å². The molecule has 2 N–H and O–H groups in total. The van der Waals surface area contributed by atoms with Gasteiger partial charge in [0, 0.05) is 17.3 Å². The van der Waals surface area contributed by atoms with Crippen molar-refractivity contribution in [1.29, 1.82) is 5.26 Å². The van der Waals surface area contributed by atoms with Gasteiger partial charge in [-0.15, -0.1) is 12.3 Å². The Labute approximate surface area is 193 Å². The molecule has 0 unspecified atom stereocenters. The molecule has 0 aromatic heterocycles. The average molecular weight is 449 g/mol. The molecule has 0 aliphatic heterocycles. The fourth-order valence-electron chi connectivity index (χ4n) is 2.88. The second-order valence-electron chi connectivity index (χ2n) is 6.44. The lowest BCUT2D eigenvalue weighted by Crippen LogP contribution is -2.13. The SMILES string of the molecule is C#CC.CC.CCc1cc(C#N)ccc1NC(=O)c1cc(-c2ccc(F)cc2F)ccc1O. The number of amides is 1. The van der Waals surface area contributed by atoms with Crippen molar-refractivity contribution >= 4 is 11.6 Å². The zero-order valence-corrected chi connectivity index (χ0v) is 19.0. The second-order valence-corrected chi connectivity index (χ2v) is 6.44. The van der Waals surface area contributed by atoms with Crippen LogP contribution in [0.3, 0.4) is 0 Å². The summed E-state index contributed by atoms with van der Waals surface area (Å²) in [5.41, 5.74) is 2.16. The molecule has 0 bridgehead atoms. The number of hydrogen-bond donors (Lipinski definition) is 2. The van der Waals surface area contributed by atoms with Gasteiger partial charge in [0.2, 0.25) is 0 Å². The van der Waals surface area contributed by atoms with Gasteiger partial charge in [0.25, 0.3) is 5.91 Å². The van der Waals surface area contributed by atoms with Gasteiger partial charge < -0.3 is 10.4 Å². The lowest BCUT2D eigenvalue weighted by Gasteiger charge is -2.12. The Bertz CT molecular complexity index is 1190. The molecule has 33 heavy (non-hydrogen) atoms. The Kier molecular flexibility index (Phi) is 10.8. The number of anilines is 1. The molecule has 3 aromatic rings. The molecule has 0 spiro atoms. The highest BCUT2D eigenvalue weighted by Gasteiger charge is 2.16. The minimum absolute atomic E-state index is 0.0485. The number of phenols is 1. The third-order valence-corrected chi connectivity index (χ3v) is 4.35. The van der Waals surface area contributed by atoms with Crippen LogP contribution in [0, 0.1) is 35.3 Å². The van der Waals surface area contributed by atoms with Crippen LogP contribution in [-0.4, -0.2) is 11.0 Å². The van der Waals surface area contributed by atoms with Crippen molar-refractivity contribution in [2.24, 2.45) is 0 Å². The van der Waals surface area contributed by atoms with Crippen LogP contribution < -0.4 is 5.32 Å². The van der Waals surface area contributed by atoms with Crippen molar-refractivity contribution in [2.45, 2.75) is 34.1 Å². The Morgan fingerprint density at radius 1 is 1.09 bits per heavy atom. The number of carbonyl (C=O) groups is 1. The van der Waals surface area contributed by atoms with Gasteiger partial charge >= 0.3 is 0 Å². The van der Waals surface area contributed by atoms with Gasteiger partial charge in [-0.3, -0.25) is 4.79 Å². The predicted molar refractivity (Wildman–Crippen MR) is 128 cm³/mol. The summed E-state index contributed by atoms with van der Waals surface area (Å²) in [5.74, 6) is -0.0694. The number of rotatable bonds is 4. The molecule has 170 valence electrons. The highest BCUT2D eigenvalue weighted by molar-refractivity contribution is 6.07. The third-order valence-electron chi connectivity index (χ3n) is 4.35. The Morgan fingerprint density at radius 3 is 2.33 bits per heavy atom. The molecule has 0 aliphatic carbocycles. The van der Waals surface area contributed by atoms with Crippen LogP contribution in [-0.2, 0) is 6.42 Å². The summed E-state index contributed by atoms with van der Waals surface area (Å²) in [4.78, 5) is 12.7. The zero-order chi connectivity index (χ0) is 25.0. The Morgan fingerprint density at radius 2 is 1.76 bits per heavy atom. The number of phenolic OH excluding ortho intramolecular Hbond substituents is 1. The van der Waals surface area contributed by atoms with Gasteiger partial charge in [0.15, 0.2) is 0 Å². The minimum atomic E-state index is -0.766. The number of benzene rings is 3. The fraction of sp³-hybridized carbons (Fsp3) is 0.185. The summed E-state index contributed by atoms with van der Waals surface area (Å²) < 4.78 is 27.2. The van der Waals surface area contributed by atoms with Crippen molar-refractivity contribution in [2.75, 3.05) is 5.32 Å². The molecular formula is C27H26F2N2O2. The van der Waals surface area contributed by atoms with Crippen LogP contribution in [0.2, 0.25) is 0 Å². The molecule has 0 heterocycles. The molecule has 6 heteroatoms. The van der Waals surface area contributed by atoms with Gasteiger partial charge in [-0.2, -0.15) is 5.26 Å². The normalized spacial score (nSPS) is 9.21. The highest BCUT2D eigenvalue weighted by Crippen LogP contribution is 2.29. The number of carbonyl (C=O) groups excluding carboxylic acids is 1. The molecule has 0 radical (unpaired) electrons. The van der Waals surface area contributed by atoms with Gasteiger partial charge in [-0.05, 0) is 66.9 Å². The van der Waals surface area contributed by atoms with E-state index in [0.717, 1.165) is 17.7 Å². The van der Waals surface area contributed by atoms with Crippen molar-refractivity contribution in [3.63, 3.8) is 0 Å². The van der Waals surface area contributed by atoms with E-state index in [1.54, 1.807) is 25.1 Å². The van der Waals surface area contributed by atoms with Gasteiger partial charge in [0.1, 0.15) is 17.4 Å². The number of halogens is 2. The van der Waals surface area contributed by atoms with E-state index in [0.29, 0.717) is 23.2 Å². The Balaban J connectivity index is 0.00000101. The molecule has 0 aliphatic rings. The summed E-state index contributed by atoms with van der Waals surface area (Å²) in [5, 5.41) is 21.8. The number of terminal acetylenes is 1. The number of hydrogen-bond acceptors (Lipinski definition) is 3. The number of nitrogens with one attached hydrogen (secondary N) is 1. The quantitative estimate of drug-likeness (QED) is 0.437. The van der Waals surface area contributed by atoms with Crippen molar-refractivity contribution in [1.82, 2.24) is 0 Å². The van der Waals surface area contributed by atoms with E-state index in [1.807, 2.05) is 26.8 Å². The number of aromatic hydroxyl groups is 1. The lowest BCUT2D eigenvalue weighted by atomic mass is 10.0. The van der Waals surface area contributed by atoms with Crippen LogP contribution in [0.25, 0.3) is 11.1 Å². The molecule has 3 rings (SSSR count). The maximum atomic E-state index is 14.1. The first kappa shape index (κ1) is 26.9. The molecule has 0 saturated carbocycles. The largest absolute Gasteiger partial charge is 0.507 e. The summed E-state index contributed by atoms with van der Waals surface area (Å²) in [7, 11) is 0. The maximum absolute atomic E-state index is 14.1. The minimum Gasteiger partial charge on any atom is -0.507 e. The standard InChI is InChI=1S/C22H16F2N2O2.C3H4.C2H6/c1-2-14-9-13(12-25)3-7-20(14)26-22(28)18-10-15(4-8-21(18)27)17-6-5-16(23)11-19(17)24;1-3-2;1-2/h3-11,27H,2H2,1H3,(H,26,28);1H,2H3;1-2H3. The van der Waals surface area contributed by atoms with E-state index in [9.17, 15) is 18.7 Å². The predicted octanol–water partition coefficient (Wildman–Crippen LogP) is 6.69. The highest BCUT2D eigenvalue weighted by atomic mass is 19.1. The van der Waals surface area contributed by atoms with E-state index in [4.69, 9.17) is 5.26 Å². The molecular weight excluding hydrogens is 422 g/mol. The molecule has 1 amide bonds. The van der Waals surface area contributed by atoms with Crippen LogP contribution >= 0.6 is 0 Å². The van der Waals surface area contributed by atoms with E-state index < -0.39 is 17.5 Å². The molecule has 0 fully saturated rings. The van der Waals surface area contributed by atoms with Crippen LogP contribution in [0.5, 0.6) is 5.75 Å². The topological polar surface area (TPSA) is 73.1 Å². The lowest BCUT2D eigenvalue weighted by molar-refractivity contribution is 0.102. The number of nitrogens with zero attached hydrogens (tertiary/aromatic N) is 1. The van der Waals surface area contributed by atoms with E-state index in [-0.39, 0.29) is 16.9 Å². The van der Waals surface area contributed by atoms with Crippen LogP contribution in [0.15, 0.2) is 54.6 Å². The van der Waals surface area contributed by atoms with Crippen molar-refractivity contribution in [3.05, 3.63) is 82.9 Å². The fourth-order valence-corrected chi connectivity index (χ4v) is 2.88. The number of aryl methyl sites for hydroxylation is 1. The van der Waals surface area contributed by atoms with Gasteiger partial charge in [-0.25, -0.2) is 8.78 Å². The van der Waals surface area contributed by atoms with Crippen LogP contribution in [0.1, 0.15) is 49.2 Å². The van der Waals surface area contributed by atoms with E-state index in [2.05, 4.69) is 17.7 Å². The number of nitriles is 1. The first-order chi connectivity index (χ1) is 15.8. The second kappa shape index (κ2) is 13.3. The summed E-state index contributed by atoms with van der Waals surface area (Å²) in [6, 6.07) is 14.1. The average Bonchev–Trinajstić information content (AvgIpc) is 2.81. The summed E-state index contributed by atoms with van der Waals surface area (Å²) in [6.07, 6.45) is 5.19. The van der Waals surface area contributed by atoms with E-state index in [1.165, 1.54) is 24.3 Å². The molecule has 0 saturated heterocycles. The third kappa shape index (κ3) is 7.19. The summed E-state index contributed by atoms with van der Waals surface area (Å²) in [6.45, 7) is 7.54. The monoisotopic (exact) mass is 448 g/mol. The molecule has 4 nitrogen and oxygen atoms in total. The van der Waals surface area contributed by atoms with Crippen molar-refractivity contribution in [3.8, 4) is 35.3 Å². The first-order valence-electron chi connectivity index (χ1n) is 10.3. The van der Waals surface area contributed by atoms with Crippen LogP contribution in [0.4, 0.5) is 14.5 Å². The van der Waals surface area contributed by atoms with E-state index >= 15 is 0 Å². The smallest absolute Gasteiger partial charge is 0.259 e. The summed E-state index contributed by atoms with van der Waals surface area (Å²) >= 11 is 0. The maximum Gasteiger partial charge on any atom is 0.259 e. The Hall–Kier alpha value is -4.16. The van der Waals surface area contributed by atoms with Crippen molar-refractivity contribution < 1.29 is 18.7 Å². The zero-order valence-electron chi connectivity index (χ0n) is 19.0. The first-order valence-corrected chi connectivity index (χ1v) is 10.3. The van der Waals surface area contributed by atoms with Gasteiger partial charge in [0.05, 0.1) is 17.2 Å².